The second kappa shape index (κ2) is 4.68. The van der Waals surface area contributed by atoms with Gasteiger partial charge in [-0.2, -0.15) is 0 Å². The van der Waals surface area contributed by atoms with Gasteiger partial charge in [0, 0.05) is 15.6 Å². The Morgan fingerprint density at radius 1 is 0.857 bits per heavy atom. The van der Waals surface area contributed by atoms with Crippen LogP contribution in [0.1, 0.15) is 11.1 Å². The summed E-state index contributed by atoms with van der Waals surface area (Å²) in [5.41, 5.74) is 6.05. The average Bonchev–Trinajstić information content (AvgIpc) is 2.90. The van der Waals surface area contributed by atoms with Crippen molar-refractivity contribution in [3.8, 4) is 11.3 Å². The lowest BCUT2D eigenvalue weighted by Gasteiger charge is -2.02. The molecule has 21 heavy (non-hydrogen) atoms. The predicted molar refractivity (Wildman–Crippen MR) is 92.0 cm³/mol. The minimum atomic E-state index is 1.04. The molecule has 0 N–H and O–H groups in total. The van der Waals surface area contributed by atoms with Gasteiger partial charge >= 0.3 is 0 Å². The highest BCUT2D eigenvalue weighted by Crippen LogP contribution is 2.36. The summed E-state index contributed by atoms with van der Waals surface area (Å²) in [4.78, 5) is 4.91. The number of benzene rings is 2. The van der Waals surface area contributed by atoms with Crippen LogP contribution in [0.3, 0.4) is 0 Å². The number of pyridine rings is 1. The van der Waals surface area contributed by atoms with E-state index < -0.39 is 0 Å². The standard InChI is InChI=1S/C19H15NS/c1-12-8-9-15-18-17(21-19(15)13(12)2)11-10-16(20-18)14-6-4-3-5-7-14/h3-11H,1-2H3. The van der Waals surface area contributed by atoms with E-state index in [0.29, 0.717) is 0 Å². The van der Waals surface area contributed by atoms with E-state index in [1.807, 2.05) is 17.4 Å². The predicted octanol–water partition coefficient (Wildman–Crippen LogP) is 5.73. The molecule has 0 amide bonds. The van der Waals surface area contributed by atoms with E-state index in [1.54, 1.807) is 0 Å². The fraction of sp³-hybridized carbons (Fsp3) is 0.105. The van der Waals surface area contributed by atoms with Crippen LogP contribution in [0.2, 0.25) is 0 Å². The summed E-state index contributed by atoms with van der Waals surface area (Å²) < 4.78 is 2.63. The molecule has 4 rings (SSSR count). The van der Waals surface area contributed by atoms with Crippen LogP contribution in [-0.2, 0) is 0 Å². The van der Waals surface area contributed by atoms with Crippen LogP contribution < -0.4 is 0 Å². The lowest BCUT2D eigenvalue weighted by molar-refractivity contribution is 1.39. The molecule has 0 unspecified atom stereocenters. The van der Waals surface area contributed by atoms with E-state index in [4.69, 9.17) is 4.98 Å². The fourth-order valence-corrected chi connectivity index (χ4v) is 3.91. The number of aromatic nitrogens is 1. The maximum absolute atomic E-state index is 4.91. The molecular weight excluding hydrogens is 274 g/mol. The zero-order chi connectivity index (χ0) is 14.4. The van der Waals surface area contributed by atoms with Crippen LogP contribution in [-0.4, -0.2) is 4.98 Å². The lowest BCUT2D eigenvalue weighted by atomic mass is 10.1. The van der Waals surface area contributed by atoms with E-state index in [-0.39, 0.29) is 0 Å². The van der Waals surface area contributed by atoms with Gasteiger partial charge in [0.15, 0.2) is 0 Å². The number of nitrogens with zero attached hydrogens (tertiary/aromatic N) is 1. The minimum absolute atomic E-state index is 1.04. The van der Waals surface area contributed by atoms with Crippen molar-refractivity contribution in [1.29, 1.82) is 0 Å². The molecule has 0 atom stereocenters. The summed E-state index contributed by atoms with van der Waals surface area (Å²) in [5.74, 6) is 0. The van der Waals surface area contributed by atoms with Gasteiger partial charge in [-0.15, -0.1) is 11.3 Å². The molecule has 2 aromatic heterocycles. The monoisotopic (exact) mass is 289 g/mol. The normalized spacial score (nSPS) is 11.3. The molecule has 0 saturated heterocycles. The van der Waals surface area contributed by atoms with Gasteiger partial charge in [-0.3, -0.25) is 0 Å². The summed E-state index contributed by atoms with van der Waals surface area (Å²) in [7, 11) is 0. The Bertz CT molecular complexity index is 952. The van der Waals surface area contributed by atoms with Crippen molar-refractivity contribution in [3.63, 3.8) is 0 Å². The number of hydrogen-bond donors (Lipinski definition) is 0. The van der Waals surface area contributed by atoms with E-state index in [2.05, 4.69) is 62.4 Å². The number of rotatable bonds is 1. The number of hydrogen-bond acceptors (Lipinski definition) is 2. The van der Waals surface area contributed by atoms with Crippen LogP contribution in [0.25, 0.3) is 31.6 Å². The third-order valence-electron chi connectivity index (χ3n) is 4.07. The van der Waals surface area contributed by atoms with Gasteiger partial charge in [-0.1, -0.05) is 42.5 Å². The van der Waals surface area contributed by atoms with Gasteiger partial charge in [0.25, 0.3) is 0 Å². The van der Waals surface area contributed by atoms with Crippen molar-refractivity contribution in [2.45, 2.75) is 13.8 Å². The van der Waals surface area contributed by atoms with Gasteiger partial charge in [0.1, 0.15) is 0 Å². The minimum Gasteiger partial charge on any atom is -0.246 e. The smallest absolute Gasteiger partial charge is 0.0896 e. The molecular formula is C19H15NS. The average molecular weight is 289 g/mol. The second-order valence-corrected chi connectivity index (χ2v) is 6.45. The fourth-order valence-electron chi connectivity index (χ4n) is 2.71. The summed E-state index contributed by atoms with van der Waals surface area (Å²) in [5, 5.41) is 1.27. The first-order valence-electron chi connectivity index (χ1n) is 7.09. The number of thiophene rings is 1. The van der Waals surface area contributed by atoms with Gasteiger partial charge in [0.2, 0.25) is 0 Å². The highest BCUT2D eigenvalue weighted by molar-refractivity contribution is 7.26. The third kappa shape index (κ3) is 1.95. The van der Waals surface area contributed by atoms with Gasteiger partial charge in [0.05, 0.1) is 15.9 Å². The highest BCUT2D eigenvalue weighted by atomic mass is 32.1. The molecule has 2 heteroatoms. The van der Waals surface area contributed by atoms with Gasteiger partial charge in [-0.05, 0) is 37.1 Å². The van der Waals surface area contributed by atoms with E-state index >= 15 is 0 Å². The summed E-state index contributed by atoms with van der Waals surface area (Å²) in [6.45, 7) is 4.37. The van der Waals surface area contributed by atoms with Crippen molar-refractivity contribution >= 4 is 31.6 Å². The molecule has 0 bridgehead atoms. The Kier molecular flexibility index (Phi) is 2.79. The van der Waals surface area contributed by atoms with Crippen LogP contribution in [0.15, 0.2) is 54.6 Å². The quantitative estimate of drug-likeness (QED) is 0.436. The second-order valence-electron chi connectivity index (χ2n) is 5.40. The lowest BCUT2D eigenvalue weighted by Crippen LogP contribution is -1.83. The Morgan fingerprint density at radius 3 is 2.48 bits per heavy atom. The first-order valence-corrected chi connectivity index (χ1v) is 7.90. The molecule has 0 spiro atoms. The summed E-state index contributed by atoms with van der Waals surface area (Å²) in [6, 6.07) is 19.1. The van der Waals surface area contributed by atoms with Crippen molar-refractivity contribution < 1.29 is 0 Å². The number of aryl methyl sites for hydroxylation is 2. The van der Waals surface area contributed by atoms with E-state index in [9.17, 15) is 0 Å². The topological polar surface area (TPSA) is 12.9 Å². The molecule has 0 saturated carbocycles. The Morgan fingerprint density at radius 2 is 1.67 bits per heavy atom. The van der Waals surface area contributed by atoms with Crippen molar-refractivity contribution in [3.05, 3.63) is 65.7 Å². The maximum Gasteiger partial charge on any atom is 0.0896 e. The Balaban J connectivity index is 2.03. The van der Waals surface area contributed by atoms with E-state index in [1.165, 1.54) is 31.5 Å². The summed E-state index contributed by atoms with van der Waals surface area (Å²) in [6.07, 6.45) is 0. The SMILES string of the molecule is Cc1ccc2c(sc3ccc(-c4ccccc4)nc32)c1C. The molecule has 102 valence electrons. The van der Waals surface area contributed by atoms with Gasteiger partial charge in [-0.25, -0.2) is 4.98 Å². The molecule has 0 aliphatic rings. The van der Waals surface area contributed by atoms with Crippen LogP contribution in [0.5, 0.6) is 0 Å². The molecule has 4 aromatic rings. The molecule has 0 radical (unpaired) electrons. The molecule has 2 aromatic carbocycles. The van der Waals surface area contributed by atoms with E-state index in [0.717, 1.165) is 11.2 Å². The van der Waals surface area contributed by atoms with Crippen LogP contribution in [0, 0.1) is 13.8 Å². The molecule has 2 heterocycles. The molecule has 0 aliphatic heterocycles. The van der Waals surface area contributed by atoms with Crippen LogP contribution in [0.4, 0.5) is 0 Å². The van der Waals surface area contributed by atoms with Crippen LogP contribution >= 0.6 is 11.3 Å². The first-order chi connectivity index (χ1) is 10.2. The van der Waals surface area contributed by atoms with Crippen molar-refractivity contribution in [1.82, 2.24) is 4.98 Å². The van der Waals surface area contributed by atoms with Crippen molar-refractivity contribution in [2.75, 3.05) is 0 Å². The maximum atomic E-state index is 4.91. The molecule has 1 nitrogen and oxygen atoms in total. The Labute approximate surface area is 127 Å². The summed E-state index contributed by atoms with van der Waals surface area (Å²) >= 11 is 1.84. The molecule has 0 fully saturated rings. The largest absolute Gasteiger partial charge is 0.246 e. The zero-order valence-corrected chi connectivity index (χ0v) is 12.9. The van der Waals surface area contributed by atoms with Crippen molar-refractivity contribution in [2.24, 2.45) is 0 Å². The first kappa shape index (κ1) is 12.5. The zero-order valence-electron chi connectivity index (χ0n) is 12.1. The Hall–Kier alpha value is -2.19. The number of fused-ring (bicyclic) bond motifs is 3. The molecule has 0 aliphatic carbocycles. The van der Waals surface area contributed by atoms with Gasteiger partial charge < -0.3 is 0 Å². The third-order valence-corrected chi connectivity index (χ3v) is 5.35. The highest BCUT2D eigenvalue weighted by Gasteiger charge is 2.10.